The highest BCUT2D eigenvalue weighted by Crippen LogP contribution is 2.27. The molecule has 1 aromatic carbocycles. The Morgan fingerprint density at radius 3 is 2.94 bits per heavy atom. The molecular formula is C15H16N2O. The van der Waals surface area contributed by atoms with Gasteiger partial charge >= 0.3 is 0 Å². The number of rotatable bonds is 3. The molecule has 0 spiro atoms. The van der Waals surface area contributed by atoms with Crippen LogP contribution in [-0.4, -0.2) is 17.4 Å². The van der Waals surface area contributed by atoms with Gasteiger partial charge in [-0.3, -0.25) is 9.78 Å². The third-order valence-electron chi connectivity index (χ3n) is 3.34. The summed E-state index contributed by atoms with van der Waals surface area (Å²) >= 11 is 0. The Morgan fingerprint density at radius 1 is 1.33 bits per heavy atom. The summed E-state index contributed by atoms with van der Waals surface area (Å²) < 4.78 is 0. The van der Waals surface area contributed by atoms with Crippen LogP contribution < -0.4 is 5.32 Å². The summed E-state index contributed by atoms with van der Waals surface area (Å²) in [5.74, 6) is 0.725. The van der Waals surface area contributed by atoms with Crippen molar-refractivity contribution in [1.82, 2.24) is 10.3 Å². The maximum absolute atomic E-state index is 12.0. The number of carbonyl (C=O) groups is 1. The van der Waals surface area contributed by atoms with Crippen molar-refractivity contribution in [2.45, 2.75) is 19.8 Å². The SMILES string of the molecule is Cc1ccc2cc(C(=O)NCC3CC3)ccc2n1. The van der Waals surface area contributed by atoms with Gasteiger partial charge in [-0.15, -0.1) is 0 Å². The number of aryl methyl sites for hydroxylation is 1. The second kappa shape index (κ2) is 4.41. The summed E-state index contributed by atoms with van der Waals surface area (Å²) in [4.78, 5) is 16.4. The highest BCUT2D eigenvalue weighted by Gasteiger charge is 2.21. The third-order valence-corrected chi connectivity index (χ3v) is 3.34. The molecule has 18 heavy (non-hydrogen) atoms. The lowest BCUT2D eigenvalue weighted by Gasteiger charge is -2.05. The zero-order valence-electron chi connectivity index (χ0n) is 10.4. The minimum atomic E-state index is 0.0179. The van der Waals surface area contributed by atoms with E-state index in [4.69, 9.17) is 0 Å². The summed E-state index contributed by atoms with van der Waals surface area (Å²) in [7, 11) is 0. The lowest BCUT2D eigenvalue weighted by Crippen LogP contribution is -2.25. The first kappa shape index (κ1) is 11.2. The Bertz CT molecular complexity index is 602. The number of hydrogen-bond acceptors (Lipinski definition) is 2. The summed E-state index contributed by atoms with van der Waals surface area (Å²) in [5, 5.41) is 3.99. The van der Waals surface area contributed by atoms with Crippen LogP contribution in [0.15, 0.2) is 30.3 Å². The van der Waals surface area contributed by atoms with Crippen molar-refractivity contribution in [2.75, 3.05) is 6.54 Å². The number of hydrogen-bond donors (Lipinski definition) is 1. The Morgan fingerprint density at radius 2 is 2.17 bits per heavy atom. The number of carbonyl (C=O) groups excluding carboxylic acids is 1. The summed E-state index contributed by atoms with van der Waals surface area (Å²) in [5.41, 5.74) is 2.65. The molecule has 1 aromatic heterocycles. The number of amides is 1. The Balaban J connectivity index is 1.82. The number of pyridine rings is 1. The van der Waals surface area contributed by atoms with E-state index in [0.29, 0.717) is 11.5 Å². The Kier molecular flexibility index (Phi) is 2.74. The maximum atomic E-state index is 12.0. The second-order valence-electron chi connectivity index (χ2n) is 5.01. The Hall–Kier alpha value is -1.90. The fraction of sp³-hybridized carbons (Fsp3) is 0.333. The first-order valence-corrected chi connectivity index (χ1v) is 6.38. The van der Waals surface area contributed by atoms with Gasteiger partial charge in [0.15, 0.2) is 0 Å². The lowest BCUT2D eigenvalue weighted by molar-refractivity contribution is 0.0952. The fourth-order valence-electron chi connectivity index (χ4n) is 2.03. The van der Waals surface area contributed by atoms with Crippen LogP contribution in [0.3, 0.4) is 0 Å². The van der Waals surface area contributed by atoms with E-state index in [1.165, 1.54) is 12.8 Å². The summed E-state index contributed by atoms with van der Waals surface area (Å²) in [6.07, 6.45) is 2.50. The topological polar surface area (TPSA) is 42.0 Å². The minimum Gasteiger partial charge on any atom is -0.352 e. The van der Waals surface area contributed by atoms with Crippen LogP contribution in [0.5, 0.6) is 0 Å². The van der Waals surface area contributed by atoms with E-state index in [1.807, 2.05) is 37.3 Å². The monoisotopic (exact) mass is 240 g/mol. The fourth-order valence-corrected chi connectivity index (χ4v) is 2.03. The number of fused-ring (bicyclic) bond motifs is 1. The van der Waals surface area contributed by atoms with Gasteiger partial charge in [0.2, 0.25) is 0 Å². The third kappa shape index (κ3) is 2.35. The van der Waals surface area contributed by atoms with Gasteiger partial charge in [-0.05, 0) is 49.9 Å². The average molecular weight is 240 g/mol. The molecule has 0 bridgehead atoms. The summed E-state index contributed by atoms with van der Waals surface area (Å²) in [6, 6.07) is 9.64. The van der Waals surface area contributed by atoms with E-state index < -0.39 is 0 Å². The minimum absolute atomic E-state index is 0.0179. The van der Waals surface area contributed by atoms with E-state index >= 15 is 0 Å². The quantitative estimate of drug-likeness (QED) is 0.896. The van der Waals surface area contributed by atoms with Crippen LogP contribution >= 0.6 is 0 Å². The van der Waals surface area contributed by atoms with Crippen molar-refractivity contribution < 1.29 is 4.79 Å². The predicted octanol–water partition coefficient (Wildman–Crippen LogP) is 2.68. The first-order valence-electron chi connectivity index (χ1n) is 6.38. The van der Waals surface area contributed by atoms with Crippen molar-refractivity contribution in [3.05, 3.63) is 41.6 Å². The molecule has 3 rings (SSSR count). The normalized spacial score (nSPS) is 14.7. The van der Waals surface area contributed by atoms with Crippen LogP contribution in [-0.2, 0) is 0 Å². The van der Waals surface area contributed by atoms with Crippen molar-refractivity contribution >= 4 is 16.8 Å². The van der Waals surface area contributed by atoms with Gasteiger partial charge in [0.1, 0.15) is 0 Å². The molecular weight excluding hydrogens is 224 g/mol. The van der Waals surface area contributed by atoms with Crippen molar-refractivity contribution in [2.24, 2.45) is 5.92 Å². The second-order valence-corrected chi connectivity index (χ2v) is 5.01. The van der Waals surface area contributed by atoms with Crippen LogP contribution in [0.1, 0.15) is 28.9 Å². The van der Waals surface area contributed by atoms with E-state index in [9.17, 15) is 4.79 Å². The predicted molar refractivity (Wildman–Crippen MR) is 71.5 cm³/mol. The van der Waals surface area contributed by atoms with Crippen LogP contribution in [0, 0.1) is 12.8 Å². The summed E-state index contributed by atoms with van der Waals surface area (Å²) in [6.45, 7) is 2.78. The van der Waals surface area contributed by atoms with Crippen molar-refractivity contribution in [3.63, 3.8) is 0 Å². The molecule has 1 amide bonds. The number of benzene rings is 1. The largest absolute Gasteiger partial charge is 0.352 e. The van der Waals surface area contributed by atoms with Gasteiger partial charge < -0.3 is 5.32 Å². The van der Waals surface area contributed by atoms with Crippen molar-refractivity contribution in [3.8, 4) is 0 Å². The highest BCUT2D eigenvalue weighted by atomic mass is 16.1. The zero-order valence-corrected chi connectivity index (χ0v) is 10.4. The molecule has 3 nitrogen and oxygen atoms in total. The molecule has 1 fully saturated rings. The molecule has 2 aromatic rings. The Labute approximate surface area is 106 Å². The van der Waals surface area contributed by atoms with Crippen LogP contribution in [0.25, 0.3) is 10.9 Å². The number of aromatic nitrogens is 1. The van der Waals surface area contributed by atoms with E-state index in [1.54, 1.807) is 0 Å². The average Bonchev–Trinajstić information content (AvgIpc) is 3.19. The van der Waals surface area contributed by atoms with Gasteiger partial charge in [-0.2, -0.15) is 0 Å². The van der Waals surface area contributed by atoms with E-state index in [-0.39, 0.29) is 5.91 Å². The van der Waals surface area contributed by atoms with Crippen LogP contribution in [0.2, 0.25) is 0 Å². The molecule has 1 heterocycles. The number of nitrogens with one attached hydrogen (secondary N) is 1. The van der Waals surface area contributed by atoms with Gasteiger partial charge in [-0.25, -0.2) is 0 Å². The van der Waals surface area contributed by atoms with Gasteiger partial charge in [0, 0.05) is 23.2 Å². The molecule has 92 valence electrons. The van der Waals surface area contributed by atoms with E-state index in [2.05, 4.69) is 10.3 Å². The molecule has 0 atom stereocenters. The molecule has 3 heteroatoms. The molecule has 0 unspecified atom stereocenters. The lowest BCUT2D eigenvalue weighted by atomic mass is 10.1. The molecule has 1 aliphatic rings. The molecule has 0 radical (unpaired) electrons. The standard InChI is InChI=1S/C15H16N2O/c1-10-2-5-12-8-13(6-7-14(12)17-10)15(18)16-9-11-3-4-11/h2,5-8,11H,3-4,9H2,1H3,(H,16,18). The van der Waals surface area contributed by atoms with Crippen molar-refractivity contribution in [1.29, 1.82) is 0 Å². The molecule has 0 saturated heterocycles. The van der Waals surface area contributed by atoms with Gasteiger partial charge in [0.25, 0.3) is 5.91 Å². The molecule has 1 N–H and O–H groups in total. The zero-order chi connectivity index (χ0) is 12.5. The molecule has 1 saturated carbocycles. The molecule has 1 aliphatic carbocycles. The van der Waals surface area contributed by atoms with Gasteiger partial charge in [0.05, 0.1) is 5.52 Å². The number of nitrogens with zero attached hydrogens (tertiary/aromatic N) is 1. The first-order chi connectivity index (χ1) is 8.72. The maximum Gasteiger partial charge on any atom is 0.251 e. The molecule has 0 aliphatic heterocycles. The van der Waals surface area contributed by atoms with Crippen LogP contribution in [0.4, 0.5) is 0 Å². The highest BCUT2D eigenvalue weighted by molar-refractivity contribution is 5.97. The van der Waals surface area contributed by atoms with E-state index in [0.717, 1.165) is 23.1 Å². The smallest absolute Gasteiger partial charge is 0.251 e. The van der Waals surface area contributed by atoms with Gasteiger partial charge in [-0.1, -0.05) is 6.07 Å².